The van der Waals surface area contributed by atoms with Gasteiger partial charge in [-0.15, -0.1) is 0 Å². The molecule has 0 aliphatic rings. The van der Waals surface area contributed by atoms with Gasteiger partial charge < -0.3 is 0 Å². The second-order valence-corrected chi connectivity index (χ2v) is 4.06. The third kappa shape index (κ3) is 4.92. The number of benzene rings is 1. The van der Waals surface area contributed by atoms with Crippen LogP contribution in [0.2, 0.25) is 0 Å². The molecule has 0 saturated heterocycles. The second-order valence-electron chi connectivity index (χ2n) is 4.06. The van der Waals surface area contributed by atoms with Crippen LogP contribution in [0.5, 0.6) is 0 Å². The Morgan fingerprint density at radius 2 is 1.94 bits per heavy atom. The van der Waals surface area contributed by atoms with Crippen LogP contribution in [0, 0.1) is 0 Å². The lowest BCUT2D eigenvalue weighted by Gasteiger charge is -2.00. The largest absolute Gasteiger partial charge is 0.298 e. The molecule has 0 radical (unpaired) electrons. The van der Waals surface area contributed by atoms with Crippen LogP contribution in [0.15, 0.2) is 42.0 Å². The maximum atomic E-state index is 10.9. The number of carbonyl (C=O) groups excluding carboxylic acids is 1. The van der Waals surface area contributed by atoms with Crippen molar-refractivity contribution in [3.63, 3.8) is 0 Å². The van der Waals surface area contributed by atoms with Crippen LogP contribution in [0.1, 0.15) is 38.2 Å². The molecular weight excluding hydrogens is 196 g/mol. The van der Waals surface area contributed by atoms with Crippen molar-refractivity contribution in [2.75, 3.05) is 0 Å². The molecule has 1 nitrogen and oxygen atoms in total. The van der Waals surface area contributed by atoms with Crippen molar-refractivity contribution in [1.82, 2.24) is 0 Å². The van der Waals surface area contributed by atoms with Gasteiger partial charge in [-0.1, -0.05) is 56.2 Å². The fourth-order valence-corrected chi connectivity index (χ4v) is 1.68. The van der Waals surface area contributed by atoms with Crippen LogP contribution in [-0.2, 0) is 11.2 Å². The number of hydrogen-bond acceptors (Lipinski definition) is 1. The highest BCUT2D eigenvalue weighted by molar-refractivity contribution is 5.73. The molecule has 0 amide bonds. The molecule has 0 spiro atoms. The van der Waals surface area contributed by atoms with Gasteiger partial charge in [0.2, 0.25) is 0 Å². The summed E-state index contributed by atoms with van der Waals surface area (Å²) in [6.45, 7) is 2.19. The quantitative estimate of drug-likeness (QED) is 0.383. The van der Waals surface area contributed by atoms with Gasteiger partial charge in [0.1, 0.15) is 6.29 Å². The van der Waals surface area contributed by atoms with E-state index in [-0.39, 0.29) is 0 Å². The number of rotatable bonds is 7. The van der Waals surface area contributed by atoms with Crippen molar-refractivity contribution in [2.24, 2.45) is 0 Å². The first-order chi connectivity index (χ1) is 7.86. The second kappa shape index (κ2) is 7.86. The summed E-state index contributed by atoms with van der Waals surface area (Å²) in [5, 5.41) is 0. The number of unbranched alkanes of at least 4 members (excludes halogenated alkanes) is 3. The summed E-state index contributed by atoms with van der Waals surface area (Å²) in [5.74, 6) is 0. The number of allylic oxidation sites excluding steroid dienone is 2. The number of carbonyl (C=O) groups is 1. The van der Waals surface area contributed by atoms with E-state index in [9.17, 15) is 4.79 Å². The number of hydrogen-bond donors (Lipinski definition) is 0. The molecule has 0 aliphatic heterocycles. The molecule has 0 aliphatic carbocycles. The van der Waals surface area contributed by atoms with Gasteiger partial charge in [-0.2, -0.15) is 0 Å². The summed E-state index contributed by atoms with van der Waals surface area (Å²) in [7, 11) is 0. The smallest absolute Gasteiger partial charge is 0.146 e. The average Bonchev–Trinajstić information content (AvgIpc) is 2.34. The van der Waals surface area contributed by atoms with Gasteiger partial charge in [-0.25, -0.2) is 0 Å². The summed E-state index contributed by atoms with van der Waals surface area (Å²) in [5.41, 5.74) is 2.11. The minimum absolute atomic E-state index is 0.760. The lowest BCUT2D eigenvalue weighted by atomic mass is 10.0. The summed E-state index contributed by atoms with van der Waals surface area (Å²) in [4.78, 5) is 10.9. The Hall–Kier alpha value is -1.37. The van der Waals surface area contributed by atoms with Crippen LogP contribution in [-0.4, -0.2) is 6.29 Å². The van der Waals surface area contributed by atoms with Crippen molar-refractivity contribution in [1.29, 1.82) is 0 Å². The third-order valence-electron chi connectivity index (χ3n) is 2.62. The first-order valence-corrected chi connectivity index (χ1v) is 6.05. The molecule has 0 bridgehead atoms. The van der Waals surface area contributed by atoms with Gasteiger partial charge in [0.05, 0.1) is 0 Å². The molecule has 1 aromatic rings. The minimum atomic E-state index is 0.760. The molecule has 16 heavy (non-hydrogen) atoms. The monoisotopic (exact) mass is 216 g/mol. The first kappa shape index (κ1) is 12.7. The van der Waals surface area contributed by atoms with E-state index in [0.717, 1.165) is 24.7 Å². The maximum absolute atomic E-state index is 10.9. The highest BCUT2D eigenvalue weighted by Gasteiger charge is 1.97. The summed E-state index contributed by atoms with van der Waals surface area (Å²) < 4.78 is 0. The van der Waals surface area contributed by atoms with Crippen molar-refractivity contribution >= 4 is 6.29 Å². The summed E-state index contributed by atoms with van der Waals surface area (Å²) in [6, 6.07) is 10.1. The molecule has 0 unspecified atom stereocenters. The zero-order chi connectivity index (χ0) is 11.6. The van der Waals surface area contributed by atoms with Crippen LogP contribution in [0.25, 0.3) is 0 Å². The van der Waals surface area contributed by atoms with E-state index in [4.69, 9.17) is 0 Å². The predicted octanol–water partition coefficient (Wildman–Crippen LogP) is 3.93. The highest BCUT2D eigenvalue weighted by Crippen LogP contribution is 2.08. The predicted molar refractivity (Wildman–Crippen MR) is 68.4 cm³/mol. The van der Waals surface area contributed by atoms with Gasteiger partial charge in [0, 0.05) is 6.42 Å². The van der Waals surface area contributed by atoms with Gasteiger partial charge in [0.15, 0.2) is 0 Å². The Balaban J connectivity index is 2.45. The Bertz CT molecular complexity index is 325. The SMILES string of the molecule is CCCCC/C=C(\C=O)Cc1ccccc1. The van der Waals surface area contributed by atoms with E-state index in [1.807, 2.05) is 18.2 Å². The molecule has 0 aromatic heterocycles. The summed E-state index contributed by atoms with van der Waals surface area (Å²) in [6.07, 6.45) is 8.50. The lowest BCUT2D eigenvalue weighted by Crippen LogP contribution is -1.92. The molecule has 0 fully saturated rings. The molecule has 1 rings (SSSR count). The average molecular weight is 216 g/mol. The van der Waals surface area contributed by atoms with E-state index in [1.165, 1.54) is 24.8 Å². The Morgan fingerprint density at radius 1 is 1.19 bits per heavy atom. The zero-order valence-electron chi connectivity index (χ0n) is 9.99. The molecule has 0 heterocycles. The fraction of sp³-hybridized carbons (Fsp3) is 0.400. The highest BCUT2D eigenvalue weighted by atomic mass is 16.1. The summed E-state index contributed by atoms with van der Waals surface area (Å²) >= 11 is 0. The molecular formula is C15H20O. The molecule has 0 N–H and O–H groups in total. The molecule has 86 valence electrons. The van der Waals surface area contributed by atoms with Crippen molar-refractivity contribution < 1.29 is 4.79 Å². The van der Waals surface area contributed by atoms with Crippen LogP contribution >= 0.6 is 0 Å². The zero-order valence-corrected chi connectivity index (χ0v) is 9.99. The van der Waals surface area contributed by atoms with E-state index >= 15 is 0 Å². The molecule has 0 atom stereocenters. The maximum Gasteiger partial charge on any atom is 0.146 e. The van der Waals surface area contributed by atoms with Gasteiger partial charge in [-0.3, -0.25) is 4.79 Å². The van der Waals surface area contributed by atoms with E-state index in [2.05, 4.69) is 25.1 Å². The standard InChI is InChI=1S/C15H20O/c1-2-3-4-6-11-15(13-16)12-14-9-7-5-8-10-14/h5,7-11,13H,2-4,6,12H2,1H3/b15-11-. The number of aldehydes is 1. The minimum Gasteiger partial charge on any atom is -0.298 e. The first-order valence-electron chi connectivity index (χ1n) is 6.05. The van der Waals surface area contributed by atoms with Crippen molar-refractivity contribution in [3.05, 3.63) is 47.5 Å². The van der Waals surface area contributed by atoms with Crippen LogP contribution in [0.4, 0.5) is 0 Å². The topological polar surface area (TPSA) is 17.1 Å². The van der Waals surface area contributed by atoms with Crippen LogP contribution in [0.3, 0.4) is 0 Å². The van der Waals surface area contributed by atoms with E-state index < -0.39 is 0 Å². The molecule has 1 heteroatoms. The Morgan fingerprint density at radius 3 is 2.56 bits per heavy atom. The van der Waals surface area contributed by atoms with Crippen molar-refractivity contribution in [2.45, 2.75) is 39.0 Å². The van der Waals surface area contributed by atoms with Crippen LogP contribution < -0.4 is 0 Å². The fourth-order valence-electron chi connectivity index (χ4n) is 1.68. The molecule has 1 aromatic carbocycles. The van der Waals surface area contributed by atoms with E-state index in [0.29, 0.717) is 0 Å². The lowest BCUT2D eigenvalue weighted by molar-refractivity contribution is -0.105. The Labute approximate surface area is 98.2 Å². The Kier molecular flexibility index (Phi) is 6.24. The third-order valence-corrected chi connectivity index (χ3v) is 2.62. The van der Waals surface area contributed by atoms with Gasteiger partial charge in [0.25, 0.3) is 0 Å². The van der Waals surface area contributed by atoms with Gasteiger partial charge in [-0.05, 0) is 24.0 Å². The molecule has 0 saturated carbocycles. The van der Waals surface area contributed by atoms with E-state index in [1.54, 1.807) is 0 Å². The van der Waals surface area contributed by atoms with Crippen molar-refractivity contribution in [3.8, 4) is 0 Å². The van der Waals surface area contributed by atoms with Gasteiger partial charge >= 0.3 is 0 Å². The normalized spacial score (nSPS) is 11.4.